The standard InChI is InChI=1S/C42H31Cl2N3O4S/c43-36-20-11-21-37(44)35(36)27-38(47-40(48)29-14-6-2-7-15-29)41(49)46-31-16-10-19-34(26-31)52-39(28-12-4-1-5-13-28)42(50)45-30-22-24-33(25-23-30)51-32-17-8-3-9-18-32/h1-27,39H,(H,45,50)(H,46,49)(H,47,48)/b38-27+. The molecule has 52 heavy (non-hydrogen) atoms. The van der Waals surface area contributed by atoms with Crippen molar-refractivity contribution in [3.8, 4) is 11.5 Å². The van der Waals surface area contributed by atoms with Gasteiger partial charge in [-0.2, -0.15) is 0 Å². The Morgan fingerprint density at radius 3 is 1.88 bits per heavy atom. The normalized spacial score (nSPS) is 11.6. The monoisotopic (exact) mass is 743 g/mol. The van der Waals surface area contributed by atoms with Gasteiger partial charge in [0.05, 0.1) is 0 Å². The van der Waals surface area contributed by atoms with Gasteiger partial charge in [-0.25, -0.2) is 0 Å². The molecule has 0 radical (unpaired) electrons. The van der Waals surface area contributed by atoms with Crippen molar-refractivity contribution in [2.75, 3.05) is 10.6 Å². The Kier molecular flexibility index (Phi) is 12.1. The van der Waals surface area contributed by atoms with Gasteiger partial charge in [0.25, 0.3) is 11.8 Å². The predicted molar refractivity (Wildman–Crippen MR) is 210 cm³/mol. The van der Waals surface area contributed by atoms with Gasteiger partial charge in [0.1, 0.15) is 22.4 Å². The molecule has 0 aliphatic rings. The van der Waals surface area contributed by atoms with Crippen LogP contribution in [0.3, 0.4) is 0 Å². The predicted octanol–water partition coefficient (Wildman–Crippen LogP) is 10.7. The Morgan fingerprint density at radius 2 is 1.21 bits per heavy atom. The maximum atomic E-state index is 13.8. The average molecular weight is 745 g/mol. The van der Waals surface area contributed by atoms with Crippen molar-refractivity contribution < 1.29 is 19.1 Å². The zero-order chi connectivity index (χ0) is 36.3. The van der Waals surface area contributed by atoms with Crippen LogP contribution in [0.25, 0.3) is 6.08 Å². The number of para-hydroxylation sites is 1. The van der Waals surface area contributed by atoms with E-state index in [0.717, 1.165) is 10.5 Å². The van der Waals surface area contributed by atoms with Crippen LogP contribution in [0.2, 0.25) is 10.0 Å². The van der Waals surface area contributed by atoms with Crippen molar-refractivity contribution in [3.63, 3.8) is 0 Å². The van der Waals surface area contributed by atoms with Gasteiger partial charge in [-0.1, -0.05) is 102 Å². The van der Waals surface area contributed by atoms with Gasteiger partial charge < -0.3 is 20.7 Å². The van der Waals surface area contributed by atoms with E-state index in [2.05, 4.69) is 16.0 Å². The minimum Gasteiger partial charge on any atom is -0.457 e. The topological polar surface area (TPSA) is 96.5 Å². The maximum absolute atomic E-state index is 13.8. The van der Waals surface area contributed by atoms with Crippen molar-refractivity contribution in [3.05, 3.63) is 190 Å². The molecule has 0 fully saturated rings. The second-order valence-corrected chi connectivity index (χ2v) is 13.3. The highest BCUT2D eigenvalue weighted by Gasteiger charge is 2.23. The van der Waals surface area contributed by atoms with Crippen LogP contribution in [0.15, 0.2) is 168 Å². The molecule has 0 spiro atoms. The first-order valence-electron chi connectivity index (χ1n) is 16.1. The molecule has 3 N–H and O–H groups in total. The molecular formula is C42H31Cl2N3O4S. The van der Waals surface area contributed by atoms with Crippen LogP contribution >= 0.6 is 35.0 Å². The van der Waals surface area contributed by atoms with Gasteiger partial charge in [0.2, 0.25) is 5.91 Å². The molecule has 258 valence electrons. The number of ether oxygens (including phenoxy) is 1. The first-order chi connectivity index (χ1) is 25.3. The van der Waals surface area contributed by atoms with E-state index < -0.39 is 17.1 Å². The maximum Gasteiger partial charge on any atom is 0.272 e. The molecular weight excluding hydrogens is 713 g/mol. The van der Waals surface area contributed by atoms with Crippen molar-refractivity contribution in [1.29, 1.82) is 0 Å². The number of nitrogens with one attached hydrogen (secondary N) is 3. The zero-order valence-corrected chi connectivity index (χ0v) is 29.8. The molecule has 1 atom stereocenters. The summed E-state index contributed by atoms with van der Waals surface area (Å²) in [5.41, 5.74) is 2.54. The van der Waals surface area contributed by atoms with E-state index in [1.54, 1.807) is 91.0 Å². The van der Waals surface area contributed by atoms with Gasteiger partial charge >= 0.3 is 0 Å². The lowest BCUT2D eigenvalue weighted by molar-refractivity contribution is -0.116. The largest absolute Gasteiger partial charge is 0.457 e. The molecule has 0 aromatic heterocycles. The third kappa shape index (κ3) is 9.70. The highest BCUT2D eigenvalue weighted by Crippen LogP contribution is 2.37. The number of benzene rings is 6. The van der Waals surface area contributed by atoms with E-state index in [1.807, 2.05) is 66.7 Å². The van der Waals surface area contributed by atoms with E-state index in [-0.39, 0.29) is 11.6 Å². The molecule has 1 unspecified atom stereocenters. The van der Waals surface area contributed by atoms with Crippen molar-refractivity contribution >= 4 is 70.1 Å². The molecule has 6 rings (SSSR count). The number of carbonyl (C=O) groups is 3. The van der Waals surface area contributed by atoms with E-state index in [0.29, 0.717) is 44.0 Å². The molecule has 3 amide bonds. The van der Waals surface area contributed by atoms with Gasteiger partial charge in [0.15, 0.2) is 0 Å². The summed E-state index contributed by atoms with van der Waals surface area (Å²) in [4.78, 5) is 41.4. The summed E-state index contributed by atoms with van der Waals surface area (Å²) in [5, 5.41) is 8.59. The van der Waals surface area contributed by atoms with Gasteiger partial charge in [-0.05, 0) is 90.5 Å². The summed E-state index contributed by atoms with van der Waals surface area (Å²) >= 11 is 14.2. The average Bonchev–Trinajstić information content (AvgIpc) is 3.17. The van der Waals surface area contributed by atoms with E-state index in [1.165, 1.54) is 17.8 Å². The molecule has 0 saturated carbocycles. The Bertz CT molecular complexity index is 2180. The van der Waals surface area contributed by atoms with Crippen LogP contribution in [0.4, 0.5) is 11.4 Å². The molecule has 6 aromatic rings. The molecule has 0 aliphatic carbocycles. The van der Waals surface area contributed by atoms with Crippen molar-refractivity contribution in [2.24, 2.45) is 0 Å². The van der Waals surface area contributed by atoms with Crippen LogP contribution in [0.5, 0.6) is 11.5 Å². The Balaban J connectivity index is 1.20. The summed E-state index contributed by atoms with van der Waals surface area (Å²) in [6.45, 7) is 0. The lowest BCUT2D eigenvalue weighted by Gasteiger charge is -2.18. The molecule has 0 aliphatic heterocycles. The fourth-order valence-electron chi connectivity index (χ4n) is 5.06. The third-order valence-electron chi connectivity index (χ3n) is 7.60. The number of carbonyl (C=O) groups excluding carboxylic acids is 3. The minimum absolute atomic E-state index is 0.0661. The zero-order valence-electron chi connectivity index (χ0n) is 27.5. The quantitative estimate of drug-likeness (QED) is 0.0856. The van der Waals surface area contributed by atoms with Crippen molar-refractivity contribution in [2.45, 2.75) is 10.1 Å². The summed E-state index contributed by atoms with van der Waals surface area (Å²) in [6, 6.07) is 46.7. The molecule has 0 heterocycles. The molecule has 7 nitrogen and oxygen atoms in total. The summed E-state index contributed by atoms with van der Waals surface area (Å²) in [5.74, 6) is 0.0499. The van der Waals surface area contributed by atoms with Crippen LogP contribution in [0, 0.1) is 0 Å². The fourth-order valence-corrected chi connectivity index (χ4v) is 6.65. The first kappa shape index (κ1) is 36.0. The highest BCUT2D eigenvalue weighted by atomic mass is 35.5. The number of thioether (sulfide) groups is 1. The Morgan fingerprint density at radius 1 is 0.615 bits per heavy atom. The lowest BCUT2D eigenvalue weighted by atomic mass is 10.1. The SMILES string of the molecule is O=C(Nc1cccc(SC(C(=O)Nc2ccc(Oc3ccccc3)cc2)c2ccccc2)c1)/C(=C\c1c(Cl)cccc1Cl)NC(=O)c1ccccc1. The second-order valence-electron chi connectivity index (χ2n) is 11.3. The molecule has 0 saturated heterocycles. The number of hydrogen-bond acceptors (Lipinski definition) is 5. The number of rotatable bonds is 12. The van der Waals surface area contributed by atoms with E-state index in [9.17, 15) is 14.4 Å². The van der Waals surface area contributed by atoms with Gasteiger partial charge in [0, 0.05) is 37.4 Å². The van der Waals surface area contributed by atoms with Crippen LogP contribution < -0.4 is 20.7 Å². The number of anilines is 2. The number of hydrogen-bond donors (Lipinski definition) is 3. The number of amides is 3. The molecule has 6 aromatic carbocycles. The first-order valence-corrected chi connectivity index (χ1v) is 17.7. The third-order valence-corrected chi connectivity index (χ3v) is 9.51. The second kappa shape index (κ2) is 17.4. The smallest absolute Gasteiger partial charge is 0.272 e. The van der Waals surface area contributed by atoms with Crippen LogP contribution in [-0.4, -0.2) is 17.7 Å². The minimum atomic E-state index is -0.629. The fraction of sp³-hybridized carbons (Fsp3) is 0.0238. The lowest BCUT2D eigenvalue weighted by Crippen LogP contribution is -2.30. The van der Waals surface area contributed by atoms with Gasteiger partial charge in [-0.15, -0.1) is 11.8 Å². The van der Waals surface area contributed by atoms with Crippen LogP contribution in [-0.2, 0) is 9.59 Å². The number of halogens is 2. The summed E-state index contributed by atoms with van der Waals surface area (Å²) in [7, 11) is 0. The molecule has 10 heteroatoms. The van der Waals surface area contributed by atoms with Crippen LogP contribution in [0.1, 0.15) is 26.7 Å². The summed E-state index contributed by atoms with van der Waals surface area (Å²) in [6.07, 6.45) is 1.44. The summed E-state index contributed by atoms with van der Waals surface area (Å²) < 4.78 is 5.88. The van der Waals surface area contributed by atoms with Gasteiger partial charge in [-0.3, -0.25) is 14.4 Å². The molecule has 0 bridgehead atoms. The van der Waals surface area contributed by atoms with E-state index in [4.69, 9.17) is 27.9 Å². The Labute approximate surface area is 315 Å². The van der Waals surface area contributed by atoms with E-state index >= 15 is 0 Å². The van der Waals surface area contributed by atoms with Crippen molar-refractivity contribution in [1.82, 2.24) is 5.32 Å². The Hall–Kier alpha value is -5.80. The highest BCUT2D eigenvalue weighted by molar-refractivity contribution is 8.00.